The molecule has 6 nitrogen and oxygen atoms in total. The molecule has 0 atom stereocenters. The van der Waals surface area contributed by atoms with Crippen molar-refractivity contribution in [1.29, 1.82) is 0 Å². The van der Waals surface area contributed by atoms with E-state index < -0.39 is 0 Å². The number of hydrogen-bond donors (Lipinski definition) is 2. The number of nitrogens with one attached hydrogen (secondary N) is 2. The van der Waals surface area contributed by atoms with Crippen LogP contribution in [-0.4, -0.2) is 35.1 Å². The van der Waals surface area contributed by atoms with Gasteiger partial charge in [-0.2, -0.15) is 0 Å². The van der Waals surface area contributed by atoms with Crippen LogP contribution in [0.3, 0.4) is 0 Å². The number of piperidine rings is 1. The van der Waals surface area contributed by atoms with E-state index in [9.17, 15) is 4.79 Å². The molecule has 2 N–H and O–H groups in total. The van der Waals surface area contributed by atoms with E-state index in [0.717, 1.165) is 36.2 Å². The van der Waals surface area contributed by atoms with Crippen LogP contribution in [0.5, 0.6) is 0 Å². The van der Waals surface area contributed by atoms with Crippen LogP contribution < -0.4 is 15.5 Å². The van der Waals surface area contributed by atoms with Crippen LogP contribution in [0.1, 0.15) is 12.8 Å². The highest BCUT2D eigenvalue weighted by Crippen LogP contribution is 2.21. The molecule has 2 aromatic rings. The highest BCUT2D eigenvalue weighted by Gasteiger charge is 2.21. The van der Waals surface area contributed by atoms with Gasteiger partial charge < -0.3 is 15.5 Å². The third-order valence-electron chi connectivity index (χ3n) is 3.78. The molecule has 1 fully saturated rings. The number of nitrogens with zero attached hydrogens (tertiary/aromatic N) is 3. The second-order valence-corrected chi connectivity index (χ2v) is 6.35. The van der Waals surface area contributed by atoms with E-state index in [1.165, 1.54) is 0 Å². The van der Waals surface area contributed by atoms with Crippen LogP contribution in [0.4, 0.5) is 16.3 Å². The summed E-state index contributed by atoms with van der Waals surface area (Å²) in [5.74, 6) is 0.970. The quantitative estimate of drug-likeness (QED) is 0.864. The number of urea groups is 1. The molecule has 0 radical (unpaired) electrons. The van der Waals surface area contributed by atoms with Crippen LogP contribution >= 0.6 is 15.9 Å². The summed E-state index contributed by atoms with van der Waals surface area (Å²) >= 11 is 3.47. The molecule has 1 aliphatic rings. The summed E-state index contributed by atoms with van der Waals surface area (Å²) in [5.41, 5.74) is 0.695. The van der Waals surface area contributed by atoms with Crippen molar-refractivity contribution in [3.8, 4) is 0 Å². The van der Waals surface area contributed by atoms with Crippen LogP contribution in [0.25, 0.3) is 0 Å². The molecule has 7 heteroatoms. The SMILES string of the molecule is O=C(Nc1cccnc1)NC1CCN(c2cc(Br)ccn2)CC1. The lowest BCUT2D eigenvalue weighted by molar-refractivity contribution is 0.246. The number of pyridine rings is 2. The van der Waals surface area contributed by atoms with Gasteiger partial charge in [0.15, 0.2) is 0 Å². The van der Waals surface area contributed by atoms with Gasteiger partial charge in [-0.1, -0.05) is 15.9 Å². The summed E-state index contributed by atoms with van der Waals surface area (Å²) in [6.45, 7) is 1.75. The molecule has 0 spiro atoms. The number of rotatable bonds is 3. The zero-order chi connectivity index (χ0) is 16.1. The predicted octanol–water partition coefficient (Wildman–Crippen LogP) is 3.03. The van der Waals surface area contributed by atoms with Gasteiger partial charge in [-0.3, -0.25) is 4.98 Å². The van der Waals surface area contributed by atoms with Crippen molar-refractivity contribution >= 4 is 33.5 Å². The molecule has 23 heavy (non-hydrogen) atoms. The van der Waals surface area contributed by atoms with Crippen molar-refractivity contribution in [1.82, 2.24) is 15.3 Å². The maximum Gasteiger partial charge on any atom is 0.319 e. The highest BCUT2D eigenvalue weighted by molar-refractivity contribution is 9.10. The Balaban J connectivity index is 1.48. The first-order chi connectivity index (χ1) is 11.2. The summed E-state index contributed by atoms with van der Waals surface area (Å²) in [7, 11) is 0. The highest BCUT2D eigenvalue weighted by atomic mass is 79.9. The number of halogens is 1. The lowest BCUT2D eigenvalue weighted by Gasteiger charge is -2.33. The van der Waals surface area contributed by atoms with E-state index in [4.69, 9.17) is 0 Å². The lowest BCUT2D eigenvalue weighted by atomic mass is 10.1. The molecule has 2 aromatic heterocycles. The molecular formula is C16H18BrN5O. The molecule has 3 rings (SSSR count). The Bertz CT molecular complexity index is 659. The maximum absolute atomic E-state index is 12.0. The monoisotopic (exact) mass is 375 g/mol. The van der Waals surface area contributed by atoms with E-state index >= 15 is 0 Å². The fourth-order valence-electron chi connectivity index (χ4n) is 2.61. The molecule has 0 aliphatic carbocycles. The van der Waals surface area contributed by atoms with Crippen molar-refractivity contribution < 1.29 is 4.79 Å². The first-order valence-electron chi connectivity index (χ1n) is 7.55. The predicted molar refractivity (Wildman–Crippen MR) is 93.6 cm³/mol. The van der Waals surface area contributed by atoms with Crippen molar-refractivity contribution in [3.63, 3.8) is 0 Å². The zero-order valence-electron chi connectivity index (χ0n) is 12.6. The molecule has 1 saturated heterocycles. The average molecular weight is 376 g/mol. The van der Waals surface area contributed by atoms with Crippen LogP contribution in [-0.2, 0) is 0 Å². The first-order valence-corrected chi connectivity index (χ1v) is 8.34. The summed E-state index contributed by atoms with van der Waals surface area (Å²) in [4.78, 5) is 22.6. The summed E-state index contributed by atoms with van der Waals surface area (Å²) in [6.07, 6.45) is 6.89. The zero-order valence-corrected chi connectivity index (χ0v) is 14.2. The number of hydrogen-bond acceptors (Lipinski definition) is 4. The van der Waals surface area contributed by atoms with E-state index in [0.29, 0.717) is 5.69 Å². The van der Waals surface area contributed by atoms with Gasteiger partial charge in [0.2, 0.25) is 0 Å². The lowest BCUT2D eigenvalue weighted by Crippen LogP contribution is -2.46. The van der Waals surface area contributed by atoms with E-state index in [-0.39, 0.29) is 12.1 Å². The van der Waals surface area contributed by atoms with Gasteiger partial charge in [0.25, 0.3) is 0 Å². The summed E-state index contributed by atoms with van der Waals surface area (Å²) in [5, 5.41) is 5.81. The maximum atomic E-state index is 12.0. The fourth-order valence-corrected chi connectivity index (χ4v) is 2.93. The smallest absolute Gasteiger partial charge is 0.319 e. The van der Waals surface area contributed by atoms with Gasteiger partial charge in [-0.05, 0) is 37.1 Å². The van der Waals surface area contributed by atoms with Gasteiger partial charge >= 0.3 is 6.03 Å². The van der Waals surface area contributed by atoms with E-state index in [1.54, 1.807) is 24.7 Å². The Hall–Kier alpha value is -2.15. The van der Waals surface area contributed by atoms with Crippen molar-refractivity contribution in [3.05, 3.63) is 47.3 Å². The van der Waals surface area contributed by atoms with Gasteiger partial charge in [0.05, 0.1) is 11.9 Å². The standard InChI is InChI=1S/C16H18BrN5O/c17-12-3-7-19-15(10-12)22-8-4-13(5-9-22)20-16(23)21-14-2-1-6-18-11-14/h1-3,6-7,10-11,13H,4-5,8-9H2,(H2,20,21,23). The Morgan fingerprint density at radius 1 is 1.26 bits per heavy atom. The van der Waals surface area contributed by atoms with E-state index in [2.05, 4.69) is 41.4 Å². The van der Waals surface area contributed by atoms with Crippen molar-refractivity contribution in [2.45, 2.75) is 18.9 Å². The molecular weight excluding hydrogens is 358 g/mol. The summed E-state index contributed by atoms with van der Waals surface area (Å²) < 4.78 is 1.03. The van der Waals surface area contributed by atoms with Gasteiger partial charge in [0.1, 0.15) is 5.82 Å². The Morgan fingerprint density at radius 2 is 2.09 bits per heavy atom. The average Bonchev–Trinajstić information content (AvgIpc) is 2.56. The normalized spacial score (nSPS) is 15.3. The second kappa shape index (κ2) is 7.41. The largest absolute Gasteiger partial charge is 0.356 e. The Kier molecular flexibility index (Phi) is 5.07. The minimum atomic E-state index is -0.183. The summed E-state index contributed by atoms with van der Waals surface area (Å²) in [6, 6.07) is 7.53. The number of carbonyl (C=O) groups is 1. The van der Waals surface area contributed by atoms with Crippen LogP contribution in [0.15, 0.2) is 47.3 Å². The third kappa shape index (κ3) is 4.41. The molecule has 0 bridgehead atoms. The van der Waals surface area contributed by atoms with Gasteiger partial charge in [0, 0.05) is 36.0 Å². The first kappa shape index (κ1) is 15.7. The van der Waals surface area contributed by atoms with Crippen LogP contribution in [0.2, 0.25) is 0 Å². The molecule has 0 aromatic carbocycles. The topological polar surface area (TPSA) is 70.2 Å². The minimum Gasteiger partial charge on any atom is -0.356 e. The molecule has 3 heterocycles. The van der Waals surface area contributed by atoms with Crippen molar-refractivity contribution in [2.75, 3.05) is 23.3 Å². The molecule has 0 unspecified atom stereocenters. The number of amides is 2. The molecule has 1 aliphatic heterocycles. The Morgan fingerprint density at radius 3 is 2.78 bits per heavy atom. The van der Waals surface area contributed by atoms with Crippen LogP contribution in [0, 0.1) is 0 Å². The molecule has 120 valence electrons. The molecule has 2 amide bonds. The van der Waals surface area contributed by atoms with E-state index in [1.807, 2.05) is 18.2 Å². The van der Waals surface area contributed by atoms with Gasteiger partial charge in [-0.25, -0.2) is 9.78 Å². The number of anilines is 2. The van der Waals surface area contributed by atoms with Crippen molar-refractivity contribution in [2.24, 2.45) is 0 Å². The van der Waals surface area contributed by atoms with Gasteiger partial charge in [-0.15, -0.1) is 0 Å². The Labute approximate surface area is 143 Å². The number of aromatic nitrogens is 2. The number of carbonyl (C=O) groups excluding carboxylic acids is 1. The second-order valence-electron chi connectivity index (χ2n) is 5.43. The fraction of sp³-hybridized carbons (Fsp3) is 0.312. The third-order valence-corrected chi connectivity index (χ3v) is 4.27. The minimum absolute atomic E-state index is 0.176. The molecule has 0 saturated carbocycles.